The van der Waals surface area contributed by atoms with Crippen molar-refractivity contribution < 1.29 is 9.90 Å². The van der Waals surface area contributed by atoms with Crippen LogP contribution in [0.2, 0.25) is 0 Å². The zero-order chi connectivity index (χ0) is 15.0. The van der Waals surface area contributed by atoms with Gasteiger partial charge in [-0.25, -0.2) is 0 Å². The van der Waals surface area contributed by atoms with Crippen LogP contribution >= 0.6 is 0 Å². The molecule has 1 amide bonds. The van der Waals surface area contributed by atoms with E-state index in [-0.39, 0.29) is 24.6 Å². The lowest BCUT2D eigenvalue weighted by Crippen LogP contribution is -2.44. The molecule has 0 saturated heterocycles. The number of hydrogen-bond donors (Lipinski definition) is 2. The quantitative estimate of drug-likeness (QED) is 0.754. The van der Waals surface area contributed by atoms with Crippen molar-refractivity contribution in [3.63, 3.8) is 0 Å². The molecule has 1 rings (SSSR count). The summed E-state index contributed by atoms with van der Waals surface area (Å²) in [5.74, 6) is -0.260. The first-order valence-electron chi connectivity index (χ1n) is 7.15. The van der Waals surface area contributed by atoms with E-state index in [1.54, 1.807) is 18.3 Å². The SMILES string of the molecule is CCCC(O)(CCC)CNC(=O)Cn1ccccc1=O. The second-order valence-electron chi connectivity index (χ2n) is 5.17. The minimum Gasteiger partial charge on any atom is -0.388 e. The Morgan fingerprint density at radius 1 is 1.30 bits per heavy atom. The summed E-state index contributed by atoms with van der Waals surface area (Å²) in [6.07, 6.45) is 4.63. The lowest BCUT2D eigenvalue weighted by molar-refractivity contribution is -0.123. The third-order valence-corrected chi connectivity index (χ3v) is 3.26. The van der Waals surface area contributed by atoms with Crippen molar-refractivity contribution >= 4 is 5.91 Å². The summed E-state index contributed by atoms with van der Waals surface area (Å²) < 4.78 is 1.34. The standard InChI is InChI=1S/C15H24N2O3/c1-3-8-15(20,9-4-2)12-16-13(18)11-17-10-6-5-7-14(17)19/h5-7,10,20H,3-4,8-9,11-12H2,1-2H3,(H,16,18). The van der Waals surface area contributed by atoms with Gasteiger partial charge in [0.15, 0.2) is 0 Å². The average molecular weight is 280 g/mol. The van der Waals surface area contributed by atoms with Crippen LogP contribution in [0.25, 0.3) is 0 Å². The summed E-state index contributed by atoms with van der Waals surface area (Å²) in [6.45, 7) is 4.22. The van der Waals surface area contributed by atoms with E-state index in [2.05, 4.69) is 5.32 Å². The fourth-order valence-electron chi connectivity index (χ4n) is 2.30. The molecule has 0 radical (unpaired) electrons. The predicted molar refractivity (Wildman–Crippen MR) is 78.5 cm³/mol. The van der Waals surface area contributed by atoms with Gasteiger partial charge in [-0.05, 0) is 18.9 Å². The molecule has 0 aliphatic rings. The van der Waals surface area contributed by atoms with Gasteiger partial charge in [0.05, 0.1) is 5.60 Å². The number of rotatable bonds is 8. The van der Waals surface area contributed by atoms with Gasteiger partial charge in [-0.2, -0.15) is 0 Å². The molecule has 0 aliphatic heterocycles. The molecule has 0 unspecified atom stereocenters. The van der Waals surface area contributed by atoms with Gasteiger partial charge in [0.25, 0.3) is 5.56 Å². The molecule has 1 aromatic rings. The number of hydrogen-bond acceptors (Lipinski definition) is 3. The average Bonchev–Trinajstić information content (AvgIpc) is 2.40. The first-order valence-corrected chi connectivity index (χ1v) is 7.15. The van der Waals surface area contributed by atoms with Crippen LogP contribution in [0.5, 0.6) is 0 Å². The van der Waals surface area contributed by atoms with Gasteiger partial charge >= 0.3 is 0 Å². The number of carbonyl (C=O) groups excluding carboxylic acids is 1. The van der Waals surface area contributed by atoms with Crippen molar-refractivity contribution in [1.29, 1.82) is 0 Å². The lowest BCUT2D eigenvalue weighted by Gasteiger charge is -2.27. The van der Waals surface area contributed by atoms with Gasteiger partial charge in [0.1, 0.15) is 6.54 Å². The number of amides is 1. The van der Waals surface area contributed by atoms with Gasteiger partial charge in [-0.3, -0.25) is 9.59 Å². The molecule has 0 fully saturated rings. The Labute approximate surface area is 119 Å². The third-order valence-electron chi connectivity index (χ3n) is 3.26. The largest absolute Gasteiger partial charge is 0.388 e. The van der Waals surface area contributed by atoms with Crippen molar-refractivity contribution in [2.24, 2.45) is 0 Å². The Morgan fingerprint density at radius 3 is 2.50 bits per heavy atom. The van der Waals surface area contributed by atoms with E-state index in [0.29, 0.717) is 12.8 Å². The molecule has 5 nitrogen and oxygen atoms in total. The highest BCUT2D eigenvalue weighted by atomic mass is 16.3. The zero-order valence-electron chi connectivity index (χ0n) is 12.3. The fraction of sp³-hybridized carbons (Fsp3) is 0.600. The van der Waals surface area contributed by atoms with Gasteiger partial charge in [0, 0.05) is 18.8 Å². The summed E-state index contributed by atoms with van der Waals surface area (Å²) in [5.41, 5.74) is -1.05. The van der Waals surface area contributed by atoms with Gasteiger partial charge in [-0.1, -0.05) is 32.8 Å². The van der Waals surface area contributed by atoms with Crippen LogP contribution in [0, 0.1) is 0 Å². The number of aromatic nitrogens is 1. The van der Waals surface area contributed by atoms with Crippen LogP contribution in [0.15, 0.2) is 29.2 Å². The Bertz CT molecular complexity index is 476. The zero-order valence-corrected chi connectivity index (χ0v) is 12.3. The maximum atomic E-state index is 11.8. The number of carbonyl (C=O) groups is 1. The smallest absolute Gasteiger partial charge is 0.250 e. The summed E-state index contributed by atoms with van der Waals surface area (Å²) in [6, 6.07) is 4.76. The van der Waals surface area contributed by atoms with Crippen LogP contribution in [-0.2, 0) is 11.3 Å². The Balaban J connectivity index is 2.54. The third kappa shape index (κ3) is 5.17. The number of aliphatic hydroxyl groups is 1. The molecule has 1 aromatic heterocycles. The van der Waals surface area contributed by atoms with E-state index in [0.717, 1.165) is 12.8 Å². The van der Waals surface area contributed by atoms with Crippen LogP contribution in [0.1, 0.15) is 39.5 Å². The number of pyridine rings is 1. The summed E-state index contributed by atoms with van der Waals surface area (Å²) in [5, 5.41) is 13.1. The fourth-order valence-corrected chi connectivity index (χ4v) is 2.30. The van der Waals surface area contributed by atoms with Crippen molar-refractivity contribution in [2.75, 3.05) is 6.54 Å². The summed E-state index contributed by atoms with van der Waals surface area (Å²) in [4.78, 5) is 23.3. The Morgan fingerprint density at radius 2 is 1.95 bits per heavy atom. The molecule has 20 heavy (non-hydrogen) atoms. The van der Waals surface area contributed by atoms with E-state index in [9.17, 15) is 14.7 Å². The van der Waals surface area contributed by atoms with Gasteiger partial charge < -0.3 is 15.0 Å². The Kier molecular flexibility index (Phi) is 6.45. The highest BCUT2D eigenvalue weighted by Gasteiger charge is 2.25. The second-order valence-corrected chi connectivity index (χ2v) is 5.17. The van der Waals surface area contributed by atoms with E-state index in [1.807, 2.05) is 13.8 Å². The molecule has 5 heteroatoms. The highest BCUT2D eigenvalue weighted by molar-refractivity contribution is 5.75. The van der Waals surface area contributed by atoms with Crippen molar-refractivity contribution in [2.45, 2.75) is 51.7 Å². The molecule has 0 aromatic carbocycles. The molecule has 0 saturated carbocycles. The molecule has 0 aliphatic carbocycles. The molecule has 0 atom stereocenters. The van der Waals surface area contributed by atoms with Crippen LogP contribution in [0.4, 0.5) is 0 Å². The Hall–Kier alpha value is -1.62. The molecular formula is C15H24N2O3. The monoisotopic (exact) mass is 280 g/mol. The summed E-state index contributed by atoms with van der Waals surface area (Å²) >= 11 is 0. The molecular weight excluding hydrogens is 256 g/mol. The van der Waals surface area contributed by atoms with E-state index in [1.165, 1.54) is 10.6 Å². The van der Waals surface area contributed by atoms with Crippen molar-refractivity contribution in [1.82, 2.24) is 9.88 Å². The normalized spacial score (nSPS) is 11.3. The second kappa shape index (κ2) is 7.85. The minimum absolute atomic E-state index is 0.0198. The maximum Gasteiger partial charge on any atom is 0.250 e. The van der Waals surface area contributed by atoms with Crippen molar-refractivity contribution in [3.8, 4) is 0 Å². The van der Waals surface area contributed by atoms with Crippen LogP contribution in [0.3, 0.4) is 0 Å². The molecule has 0 spiro atoms. The lowest BCUT2D eigenvalue weighted by atomic mass is 9.92. The molecule has 1 heterocycles. The first-order chi connectivity index (χ1) is 9.50. The summed E-state index contributed by atoms with van der Waals surface area (Å²) in [7, 11) is 0. The van der Waals surface area contributed by atoms with E-state index in [4.69, 9.17) is 0 Å². The minimum atomic E-state index is -0.846. The molecule has 2 N–H and O–H groups in total. The van der Waals surface area contributed by atoms with Crippen LogP contribution in [-0.4, -0.2) is 27.7 Å². The number of nitrogens with one attached hydrogen (secondary N) is 1. The van der Waals surface area contributed by atoms with Gasteiger partial charge in [0.2, 0.25) is 5.91 Å². The molecule has 112 valence electrons. The van der Waals surface area contributed by atoms with E-state index < -0.39 is 5.60 Å². The van der Waals surface area contributed by atoms with Crippen LogP contribution < -0.4 is 10.9 Å². The first kappa shape index (κ1) is 16.4. The molecule has 0 bridgehead atoms. The predicted octanol–water partition coefficient (Wildman–Crippen LogP) is 1.30. The van der Waals surface area contributed by atoms with Crippen molar-refractivity contribution in [3.05, 3.63) is 34.7 Å². The van der Waals surface area contributed by atoms with E-state index >= 15 is 0 Å². The number of nitrogens with zero attached hydrogens (tertiary/aromatic N) is 1. The van der Waals surface area contributed by atoms with Gasteiger partial charge in [-0.15, -0.1) is 0 Å². The maximum absolute atomic E-state index is 11.8. The topological polar surface area (TPSA) is 71.3 Å². The highest BCUT2D eigenvalue weighted by Crippen LogP contribution is 2.18.